The van der Waals surface area contributed by atoms with E-state index < -0.39 is 11.4 Å². The van der Waals surface area contributed by atoms with Crippen molar-refractivity contribution in [1.82, 2.24) is 0 Å². The van der Waals surface area contributed by atoms with Gasteiger partial charge in [0.05, 0.1) is 11.5 Å². The molecule has 0 aromatic rings. The largest absolute Gasteiger partial charge is 0.481 e. The molecule has 1 saturated carbocycles. The van der Waals surface area contributed by atoms with Crippen LogP contribution in [0.25, 0.3) is 0 Å². The number of carbonyl (C=O) groups is 1. The molecule has 0 spiro atoms. The van der Waals surface area contributed by atoms with Crippen LogP contribution < -0.4 is 0 Å². The van der Waals surface area contributed by atoms with E-state index in [4.69, 9.17) is 10.2 Å². The molecule has 1 fully saturated rings. The molecule has 1 aliphatic rings. The van der Waals surface area contributed by atoms with Crippen LogP contribution in [0.15, 0.2) is 0 Å². The predicted molar refractivity (Wildman–Crippen MR) is 35.6 cm³/mol. The highest BCUT2D eigenvalue weighted by Gasteiger charge is 2.48. The van der Waals surface area contributed by atoms with Gasteiger partial charge in [0.25, 0.3) is 0 Å². The molecule has 0 aliphatic heterocycles. The first kappa shape index (κ1) is 7.54. The van der Waals surface area contributed by atoms with Crippen LogP contribution in [0.2, 0.25) is 0 Å². The highest BCUT2D eigenvalue weighted by atomic mass is 16.4. The van der Waals surface area contributed by atoms with Gasteiger partial charge in [0.1, 0.15) is 0 Å². The third-order valence-electron chi connectivity index (χ3n) is 2.38. The van der Waals surface area contributed by atoms with E-state index in [0.29, 0.717) is 19.3 Å². The second kappa shape index (κ2) is 2.23. The molecule has 0 aromatic heterocycles. The maximum absolute atomic E-state index is 10.6. The third kappa shape index (κ3) is 0.904. The van der Waals surface area contributed by atoms with E-state index >= 15 is 0 Å². The average Bonchev–Trinajstić information content (AvgIpc) is 1.79. The van der Waals surface area contributed by atoms with Gasteiger partial charge in [-0.05, 0) is 19.3 Å². The van der Waals surface area contributed by atoms with Crippen LogP contribution >= 0.6 is 0 Å². The Hall–Kier alpha value is -0.570. The van der Waals surface area contributed by atoms with E-state index in [1.165, 1.54) is 0 Å². The lowest BCUT2D eigenvalue weighted by Gasteiger charge is -2.40. The minimum absolute atomic E-state index is 0.379. The van der Waals surface area contributed by atoms with E-state index in [2.05, 4.69) is 0 Å². The summed E-state index contributed by atoms with van der Waals surface area (Å²) in [5, 5.41) is 17.6. The molecular formula is C7H12O3. The monoisotopic (exact) mass is 144 g/mol. The predicted octanol–water partition coefficient (Wildman–Crippen LogP) is 0.622. The highest BCUT2D eigenvalue weighted by molar-refractivity contribution is 5.75. The van der Waals surface area contributed by atoms with Gasteiger partial charge < -0.3 is 10.2 Å². The summed E-state index contributed by atoms with van der Waals surface area (Å²) in [6.45, 7) is 1.85. The van der Waals surface area contributed by atoms with Gasteiger partial charge in [0.15, 0.2) is 0 Å². The summed E-state index contributed by atoms with van der Waals surface area (Å²) in [7, 11) is 0. The van der Waals surface area contributed by atoms with Crippen LogP contribution in [-0.4, -0.2) is 22.3 Å². The fourth-order valence-electron chi connectivity index (χ4n) is 1.46. The Bertz CT molecular complexity index is 147. The Labute approximate surface area is 59.7 Å². The zero-order valence-corrected chi connectivity index (χ0v) is 6.00. The quantitative estimate of drug-likeness (QED) is 0.597. The van der Waals surface area contributed by atoms with Crippen LogP contribution in [0.3, 0.4) is 0 Å². The fourth-order valence-corrected chi connectivity index (χ4v) is 1.46. The molecular weight excluding hydrogens is 132 g/mol. The molecule has 1 aliphatic carbocycles. The van der Waals surface area contributed by atoms with Crippen molar-refractivity contribution >= 4 is 5.97 Å². The smallest absolute Gasteiger partial charge is 0.309 e. The fraction of sp³-hybridized carbons (Fsp3) is 0.857. The molecule has 0 radical (unpaired) electrons. The zero-order valence-electron chi connectivity index (χ0n) is 6.00. The van der Waals surface area contributed by atoms with Gasteiger partial charge in [-0.25, -0.2) is 0 Å². The van der Waals surface area contributed by atoms with Gasteiger partial charge >= 0.3 is 5.97 Å². The molecule has 0 aromatic carbocycles. The molecule has 0 atom stereocenters. The van der Waals surface area contributed by atoms with E-state index in [-0.39, 0.29) is 6.10 Å². The Morgan fingerprint density at radius 1 is 1.70 bits per heavy atom. The number of rotatable bonds is 2. The van der Waals surface area contributed by atoms with Crippen LogP contribution in [0.4, 0.5) is 0 Å². The normalized spacial score (nSPS) is 38.8. The molecule has 0 saturated heterocycles. The molecule has 3 heteroatoms. The van der Waals surface area contributed by atoms with E-state index in [1.54, 1.807) is 0 Å². The standard InChI is InChI=1S/C7H12O3/c1-2-7(6(9)10)3-5(8)4-7/h5,8H,2-4H2,1H3,(H,9,10). The van der Waals surface area contributed by atoms with Crippen LogP contribution in [0.5, 0.6) is 0 Å². The topological polar surface area (TPSA) is 57.5 Å². The molecule has 10 heavy (non-hydrogen) atoms. The van der Waals surface area contributed by atoms with E-state index in [0.717, 1.165) is 0 Å². The first-order valence-electron chi connectivity index (χ1n) is 3.52. The Balaban J connectivity index is 2.56. The Kier molecular flexibility index (Phi) is 1.68. The van der Waals surface area contributed by atoms with Crippen molar-refractivity contribution in [2.45, 2.75) is 32.3 Å². The lowest BCUT2D eigenvalue weighted by atomic mass is 9.65. The number of aliphatic carboxylic acids is 1. The second-order valence-electron chi connectivity index (χ2n) is 3.00. The van der Waals surface area contributed by atoms with Crippen molar-refractivity contribution in [2.75, 3.05) is 0 Å². The molecule has 0 bridgehead atoms. The van der Waals surface area contributed by atoms with Gasteiger partial charge in [-0.15, -0.1) is 0 Å². The van der Waals surface area contributed by atoms with Crippen LogP contribution in [0.1, 0.15) is 26.2 Å². The SMILES string of the molecule is CCC1(C(=O)O)CC(O)C1. The number of carboxylic acids is 1. The summed E-state index contributed by atoms with van der Waals surface area (Å²) in [4.78, 5) is 10.6. The molecule has 0 heterocycles. The Morgan fingerprint density at radius 3 is 2.30 bits per heavy atom. The summed E-state index contributed by atoms with van der Waals surface area (Å²) in [5.41, 5.74) is -0.598. The molecule has 0 amide bonds. The minimum atomic E-state index is -0.764. The van der Waals surface area contributed by atoms with E-state index in [9.17, 15) is 4.79 Å². The lowest BCUT2D eigenvalue weighted by molar-refractivity contribution is -0.163. The van der Waals surface area contributed by atoms with Crippen molar-refractivity contribution in [1.29, 1.82) is 0 Å². The number of hydrogen-bond donors (Lipinski definition) is 2. The van der Waals surface area contributed by atoms with Gasteiger partial charge in [0.2, 0.25) is 0 Å². The van der Waals surface area contributed by atoms with Gasteiger partial charge in [-0.2, -0.15) is 0 Å². The van der Waals surface area contributed by atoms with E-state index in [1.807, 2.05) is 6.92 Å². The highest BCUT2D eigenvalue weighted by Crippen LogP contribution is 2.43. The molecule has 2 N–H and O–H groups in total. The number of hydrogen-bond acceptors (Lipinski definition) is 2. The summed E-state index contributed by atoms with van der Waals surface area (Å²) in [5.74, 6) is -0.764. The number of aliphatic hydroxyl groups excluding tert-OH is 1. The molecule has 3 nitrogen and oxygen atoms in total. The average molecular weight is 144 g/mol. The second-order valence-corrected chi connectivity index (χ2v) is 3.00. The van der Waals surface area contributed by atoms with Gasteiger partial charge in [-0.3, -0.25) is 4.79 Å². The van der Waals surface area contributed by atoms with Crippen molar-refractivity contribution in [3.05, 3.63) is 0 Å². The van der Waals surface area contributed by atoms with Crippen molar-refractivity contribution < 1.29 is 15.0 Å². The lowest BCUT2D eigenvalue weighted by Crippen LogP contribution is -2.46. The molecule has 58 valence electrons. The summed E-state index contributed by atoms with van der Waals surface area (Å²) in [6, 6.07) is 0. The first-order chi connectivity index (χ1) is 4.60. The number of aliphatic hydroxyl groups is 1. The van der Waals surface area contributed by atoms with Crippen molar-refractivity contribution in [3.8, 4) is 0 Å². The summed E-state index contributed by atoms with van der Waals surface area (Å²) >= 11 is 0. The summed E-state index contributed by atoms with van der Waals surface area (Å²) < 4.78 is 0. The van der Waals surface area contributed by atoms with Crippen molar-refractivity contribution in [2.24, 2.45) is 5.41 Å². The van der Waals surface area contributed by atoms with Crippen LogP contribution in [0, 0.1) is 5.41 Å². The van der Waals surface area contributed by atoms with Gasteiger partial charge in [-0.1, -0.05) is 6.92 Å². The molecule has 1 rings (SSSR count). The summed E-state index contributed by atoms with van der Waals surface area (Å²) in [6.07, 6.45) is 1.10. The van der Waals surface area contributed by atoms with Crippen LogP contribution in [-0.2, 0) is 4.79 Å². The maximum atomic E-state index is 10.6. The zero-order chi connectivity index (χ0) is 7.78. The van der Waals surface area contributed by atoms with Crippen molar-refractivity contribution in [3.63, 3.8) is 0 Å². The number of carboxylic acid groups (broad SMARTS) is 1. The van der Waals surface area contributed by atoms with Gasteiger partial charge in [0, 0.05) is 0 Å². The Morgan fingerprint density at radius 2 is 2.20 bits per heavy atom. The third-order valence-corrected chi connectivity index (χ3v) is 2.38. The maximum Gasteiger partial charge on any atom is 0.309 e. The first-order valence-corrected chi connectivity index (χ1v) is 3.52. The molecule has 0 unspecified atom stereocenters. The minimum Gasteiger partial charge on any atom is -0.481 e.